The van der Waals surface area contributed by atoms with Gasteiger partial charge in [0.05, 0.1) is 12.1 Å². The van der Waals surface area contributed by atoms with Gasteiger partial charge in [0, 0.05) is 36.1 Å². The summed E-state index contributed by atoms with van der Waals surface area (Å²) >= 11 is 6.08. The SMILES string of the molecule is CC(=O)N(c1ccnc(C(F)F)c1)c1cc(NC(=O)Cc2ccccc2Cl)ccn1. The maximum absolute atomic E-state index is 13.0. The largest absolute Gasteiger partial charge is 0.326 e. The molecule has 154 valence electrons. The van der Waals surface area contributed by atoms with Crippen LogP contribution in [0.1, 0.15) is 24.6 Å². The number of hydrogen-bond acceptors (Lipinski definition) is 4. The minimum absolute atomic E-state index is 0.0653. The Morgan fingerprint density at radius 1 is 1.10 bits per heavy atom. The highest BCUT2D eigenvalue weighted by Gasteiger charge is 2.19. The van der Waals surface area contributed by atoms with Crippen molar-refractivity contribution in [3.8, 4) is 0 Å². The van der Waals surface area contributed by atoms with Crippen molar-refractivity contribution in [2.45, 2.75) is 19.8 Å². The van der Waals surface area contributed by atoms with Gasteiger partial charge < -0.3 is 5.32 Å². The summed E-state index contributed by atoms with van der Waals surface area (Å²) in [5.41, 5.74) is 0.807. The van der Waals surface area contributed by atoms with Crippen molar-refractivity contribution in [2.75, 3.05) is 10.2 Å². The fraction of sp³-hybridized carbons (Fsp3) is 0.143. The van der Waals surface area contributed by atoms with Gasteiger partial charge in [-0.3, -0.25) is 19.5 Å². The van der Waals surface area contributed by atoms with Crippen molar-refractivity contribution in [1.82, 2.24) is 9.97 Å². The van der Waals surface area contributed by atoms with E-state index in [-0.39, 0.29) is 23.8 Å². The van der Waals surface area contributed by atoms with E-state index in [0.717, 1.165) is 11.0 Å². The molecule has 0 unspecified atom stereocenters. The Kier molecular flexibility index (Phi) is 6.68. The van der Waals surface area contributed by atoms with E-state index >= 15 is 0 Å². The minimum atomic E-state index is -2.78. The summed E-state index contributed by atoms with van der Waals surface area (Å²) in [5.74, 6) is -0.573. The number of rotatable bonds is 6. The predicted octanol–water partition coefficient (Wildman–Crippen LogP) is 4.93. The second-order valence-electron chi connectivity index (χ2n) is 6.31. The van der Waals surface area contributed by atoms with Crippen molar-refractivity contribution in [3.63, 3.8) is 0 Å². The Hall–Kier alpha value is -3.39. The quantitative estimate of drug-likeness (QED) is 0.601. The van der Waals surface area contributed by atoms with Gasteiger partial charge in [-0.15, -0.1) is 0 Å². The molecule has 0 aliphatic heterocycles. The van der Waals surface area contributed by atoms with E-state index in [9.17, 15) is 18.4 Å². The number of nitrogens with zero attached hydrogens (tertiary/aromatic N) is 3. The highest BCUT2D eigenvalue weighted by atomic mass is 35.5. The molecule has 2 amide bonds. The number of anilines is 3. The topological polar surface area (TPSA) is 75.2 Å². The summed E-state index contributed by atoms with van der Waals surface area (Å²) < 4.78 is 26.0. The number of pyridine rings is 2. The lowest BCUT2D eigenvalue weighted by atomic mass is 10.1. The molecule has 0 radical (unpaired) electrons. The molecule has 0 spiro atoms. The first kappa shape index (κ1) is 21.3. The number of aromatic nitrogens is 2. The fourth-order valence-electron chi connectivity index (χ4n) is 2.81. The van der Waals surface area contributed by atoms with Crippen molar-refractivity contribution in [3.05, 3.63) is 77.2 Å². The van der Waals surface area contributed by atoms with E-state index in [1.807, 2.05) is 0 Å². The summed E-state index contributed by atoms with van der Waals surface area (Å²) in [5, 5.41) is 3.21. The van der Waals surface area contributed by atoms with E-state index in [4.69, 9.17) is 11.6 Å². The summed E-state index contributed by atoms with van der Waals surface area (Å²) in [7, 11) is 0. The van der Waals surface area contributed by atoms with Crippen LogP contribution in [0.5, 0.6) is 0 Å². The molecule has 0 atom stereocenters. The van der Waals surface area contributed by atoms with E-state index in [2.05, 4.69) is 15.3 Å². The lowest BCUT2D eigenvalue weighted by Gasteiger charge is -2.21. The van der Waals surface area contributed by atoms with Gasteiger partial charge in [-0.2, -0.15) is 0 Å². The van der Waals surface area contributed by atoms with Crippen molar-refractivity contribution < 1.29 is 18.4 Å². The summed E-state index contributed by atoms with van der Waals surface area (Å²) in [6.45, 7) is 1.28. The summed E-state index contributed by atoms with van der Waals surface area (Å²) in [4.78, 5) is 33.5. The molecule has 0 saturated heterocycles. The van der Waals surface area contributed by atoms with Gasteiger partial charge in [0.15, 0.2) is 0 Å². The summed E-state index contributed by atoms with van der Waals surface area (Å²) in [6.07, 6.45) is -0.106. The first-order valence-electron chi connectivity index (χ1n) is 8.89. The highest BCUT2D eigenvalue weighted by molar-refractivity contribution is 6.31. The van der Waals surface area contributed by atoms with Crippen LogP contribution in [0.25, 0.3) is 0 Å². The molecular formula is C21H17ClF2N4O2. The van der Waals surface area contributed by atoms with Crippen molar-refractivity contribution >= 4 is 40.6 Å². The maximum Gasteiger partial charge on any atom is 0.280 e. The molecule has 1 aromatic carbocycles. The number of halogens is 3. The molecule has 3 aromatic rings. The second-order valence-corrected chi connectivity index (χ2v) is 6.72. The third-order valence-electron chi connectivity index (χ3n) is 4.13. The van der Waals surface area contributed by atoms with Crippen LogP contribution in [0.3, 0.4) is 0 Å². The normalized spacial score (nSPS) is 10.7. The number of carbonyl (C=O) groups excluding carboxylic acids is 2. The number of carbonyl (C=O) groups is 2. The molecule has 0 saturated carbocycles. The molecule has 2 aromatic heterocycles. The molecule has 2 heterocycles. The molecule has 9 heteroatoms. The van der Waals surface area contributed by atoms with Crippen molar-refractivity contribution in [1.29, 1.82) is 0 Å². The molecule has 0 fully saturated rings. The Morgan fingerprint density at radius 2 is 1.83 bits per heavy atom. The number of alkyl halides is 2. The Bertz CT molecular complexity index is 1080. The first-order chi connectivity index (χ1) is 14.3. The van der Waals surface area contributed by atoms with Crippen LogP contribution in [-0.2, 0) is 16.0 Å². The minimum Gasteiger partial charge on any atom is -0.326 e. The standard InChI is InChI=1S/C21H17ClF2N4O2/c1-13(29)28(16-7-9-25-18(12-16)21(23)24)19-11-15(6-8-26-19)27-20(30)10-14-4-2-3-5-17(14)22/h2-9,11-12,21H,10H2,1H3,(H,26,27,30). The molecule has 0 aliphatic carbocycles. The molecule has 3 rings (SSSR count). The lowest BCUT2D eigenvalue weighted by Crippen LogP contribution is -2.24. The van der Waals surface area contributed by atoms with Gasteiger partial charge in [-0.05, 0) is 29.8 Å². The number of benzene rings is 1. The number of hydrogen-bond donors (Lipinski definition) is 1. The third kappa shape index (κ3) is 5.15. The van der Waals surface area contributed by atoms with Gasteiger partial charge in [0.2, 0.25) is 11.8 Å². The van der Waals surface area contributed by atoms with Crippen LogP contribution in [0, 0.1) is 0 Å². The average molecular weight is 431 g/mol. The predicted molar refractivity (Wildman–Crippen MR) is 110 cm³/mol. The average Bonchev–Trinajstić information content (AvgIpc) is 2.70. The van der Waals surface area contributed by atoms with Crippen LogP contribution >= 0.6 is 11.6 Å². The monoisotopic (exact) mass is 430 g/mol. The van der Waals surface area contributed by atoms with Gasteiger partial charge >= 0.3 is 0 Å². The zero-order valence-corrected chi connectivity index (χ0v) is 16.6. The zero-order chi connectivity index (χ0) is 21.7. The molecule has 30 heavy (non-hydrogen) atoms. The second kappa shape index (κ2) is 9.41. The zero-order valence-electron chi connectivity index (χ0n) is 15.8. The van der Waals surface area contributed by atoms with Gasteiger partial charge in [-0.25, -0.2) is 13.8 Å². The lowest BCUT2D eigenvalue weighted by molar-refractivity contribution is -0.116. The van der Waals surface area contributed by atoms with Crippen LogP contribution in [0.15, 0.2) is 60.9 Å². The van der Waals surface area contributed by atoms with Crippen LogP contribution < -0.4 is 10.2 Å². The molecule has 6 nitrogen and oxygen atoms in total. The van der Waals surface area contributed by atoms with Crippen LogP contribution in [0.4, 0.5) is 26.0 Å². The fourth-order valence-corrected chi connectivity index (χ4v) is 3.01. The molecule has 1 N–H and O–H groups in total. The number of amides is 2. The smallest absolute Gasteiger partial charge is 0.280 e. The van der Waals surface area contributed by atoms with Gasteiger partial charge in [0.1, 0.15) is 11.5 Å². The molecule has 0 bridgehead atoms. The van der Waals surface area contributed by atoms with E-state index in [0.29, 0.717) is 16.3 Å². The Labute approximate surface area is 176 Å². The maximum atomic E-state index is 13.0. The highest BCUT2D eigenvalue weighted by Crippen LogP contribution is 2.28. The Balaban J connectivity index is 1.83. The van der Waals surface area contributed by atoms with E-state index < -0.39 is 18.0 Å². The molecular weight excluding hydrogens is 414 g/mol. The summed E-state index contributed by atoms with van der Waals surface area (Å²) in [6, 6.07) is 12.6. The van der Waals surface area contributed by atoms with E-state index in [1.54, 1.807) is 30.3 Å². The molecule has 0 aliphatic rings. The number of nitrogens with one attached hydrogen (secondary N) is 1. The van der Waals surface area contributed by atoms with E-state index in [1.165, 1.54) is 31.5 Å². The third-order valence-corrected chi connectivity index (χ3v) is 4.50. The first-order valence-corrected chi connectivity index (χ1v) is 9.27. The van der Waals surface area contributed by atoms with Gasteiger partial charge in [0.25, 0.3) is 6.43 Å². The van der Waals surface area contributed by atoms with Gasteiger partial charge in [-0.1, -0.05) is 29.8 Å². The Morgan fingerprint density at radius 3 is 2.53 bits per heavy atom. The van der Waals surface area contributed by atoms with Crippen LogP contribution in [0.2, 0.25) is 5.02 Å². The van der Waals surface area contributed by atoms with Crippen LogP contribution in [-0.4, -0.2) is 21.8 Å². The van der Waals surface area contributed by atoms with Crippen molar-refractivity contribution in [2.24, 2.45) is 0 Å².